The topological polar surface area (TPSA) is 0 Å². The van der Waals surface area contributed by atoms with Crippen molar-refractivity contribution in [3.05, 3.63) is 0 Å². The Morgan fingerprint density at radius 1 is 1.50 bits per heavy atom. The van der Waals surface area contributed by atoms with Gasteiger partial charge in [0.05, 0.1) is 0 Å². The van der Waals surface area contributed by atoms with Gasteiger partial charge in [0.15, 0.2) is 0 Å². The maximum absolute atomic E-state index is 2.26. The maximum Gasteiger partial charge on any atom is -0.0356 e. The van der Waals surface area contributed by atoms with Crippen molar-refractivity contribution in [2.75, 3.05) is 12.8 Å². The average Bonchev–Trinajstić information content (AvgIpc) is 1.61. The van der Waals surface area contributed by atoms with Crippen LogP contribution in [0.25, 0.3) is 0 Å². The van der Waals surface area contributed by atoms with Gasteiger partial charge in [-0.2, -0.15) is 0 Å². The molecule has 0 N–H and O–H groups in total. The first kappa shape index (κ1) is 6.43. The van der Waals surface area contributed by atoms with Crippen LogP contribution in [0.4, 0.5) is 0 Å². The quantitative estimate of drug-likeness (QED) is 0.380. The molecule has 0 bridgehead atoms. The van der Waals surface area contributed by atoms with Crippen molar-refractivity contribution in [3.63, 3.8) is 0 Å². The molecule has 0 rings (SSSR count). The van der Waals surface area contributed by atoms with E-state index in [2.05, 4.69) is 13.6 Å². The summed E-state index contributed by atoms with van der Waals surface area (Å²) in [6, 6.07) is 0. The molecule has 38 valence electrons. The van der Waals surface area contributed by atoms with Crippen LogP contribution in [0.2, 0.25) is 0 Å². The van der Waals surface area contributed by atoms with Crippen molar-refractivity contribution in [1.82, 2.24) is 0 Å². The summed E-state index contributed by atoms with van der Waals surface area (Å²) in [5.74, 6) is 0. The van der Waals surface area contributed by atoms with Crippen molar-refractivity contribution in [1.29, 1.82) is 0 Å². The Morgan fingerprint density at radius 3 is 2.33 bits per heavy atom. The molecule has 0 aromatic rings. The Labute approximate surface area is 42.1 Å². The SMILES string of the molecule is CCCCPC. The molecule has 1 unspecified atom stereocenters. The van der Waals surface area contributed by atoms with E-state index >= 15 is 0 Å². The predicted octanol–water partition coefficient (Wildman–Crippen LogP) is 2.09. The molecule has 0 fully saturated rings. The average molecular weight is 104 g/mol. The second-order valence-electron chi connectivity index (χ2n) is 1.46. The maximum atomic E-state index is 2.26. The first-order valence-corrected chi connectivity index (χ1v) is 4.27. The Bertz CT molecular complexity index is 15.9. The van der Waals surface area contributed by atoms with Crippen molar-refractivity contribution < 1.29 is 0 Å². The fourth-order valence-corrected chi connectivity index (χ4v) is 1.06. The van der Waals surface area contributed by atoms with Gasteiger partial charge in [-0.3, -0.25) is 0 Å². The second kappa shape index (κ2) is 5.43. The summed E-state index contributed by atoms with van der Waals surface area (Å²) < 4.78 is 0. The summed E-state index contributed by atoms with van der Waals surface area (Å²) in [7, 11) is 1.16. The van der Waals surface area contributed by atoms with Gasteiger partial charge < -0.3 is 0 Å². The third-order valence-electron chi connectivity index (χ3n) is 0.780. The number of rotatable bonds is 3. The van der Waals surface area contributed by atoms with Crippen LogP contribution in [-0.2, 0) is 0 Å². The molecule has 0 nitrogen and oxygen atoms in total. The highest BCUT2D eigenvalue weighted by atomic mass is 31.1. The van der Waals surface area contributed by atoms with E-state index in [-0.39, 0.29) is 0 Å². The molecule has 0 aromatic heterocycles. The Kier molecular flexibility index (Phi) is 5.82. The minimum atomic E-state index is 1.16. The van der Waals surface area contributed by atoms with E-state index in [1.807, 2.05) is 0 Å². The highest BCUT2D eigenvalue weighted by Gasteiger charge is 1.74. The number of unbranched alkanes of at least 4 members (excludes halogenated alkanes) is 1. The molecule has 0 aliphatic rings. The summed E-state index contributed by atoms with van der Waals surface area (Å²) in [5.41, 5.74) is 0. The Balaban J connectivity index is 2.34. The lowest BCUT2D eigenvalue weighted by molar-refractivity contribution is 0.895. The van der Waals surface area contributed by atoms with Crippen LogP contribution >= 0.6 is 8.58 Å². The summed E-state index contributed by atoms with van der Waals surface area (Å²) in [6.07, 6.45) is 4.23. The summed E-state index contributed by atoms with van der Waals surface area (Å²) in [5, 5.41) is 0. The monoisotopic (exact) mass is 104 g/mol. The van der Waals surface area contributed by atoms with Gasteiger partial charge in [-0.1, -0.05) is 13.3 Å². The van der Waals surface area contributed by atoms with Gasteiger partial charge in [0, 0.05) is 0 Å². The van der Waals surface area contributed by atoms with E-state index < -0.39 is 0 Å². The smallest absolute Gasteiger partial charge is 0.0356 e. The molecule has 0 spiro atoms. The minimum absolute atomic E-state index is 1.16. The van der Waals surface area contributed by atoms with Crippen LogP contribution in [0, 0.1) is 0 Å². The fourth-order valence-electron chi connectivity index (χ4n) is 0.354. The van der Waals surface area contributed by atoms with Crippen LogP contribution < -0.4 is 0 Å². The highest BCUT2D eigenvalue weighted by molar-refractivity contribution is 7.36. The lowest BCUT2D eigenvalue weighted by Crippen LogP contribution is -1.69. The van der Waals surface area contributed by atoms with Crippen molar-refractivity contribution in [2.45, 2.75) is 19.8 Å². The van der Waals surface area contributed by atoms with Gasteiger partial charge in [-0.15, -0.1) is 8.58 Å². The van der Waals surface area contributed by atoms with Crippen LogP contribution in [0.5, 0.6) is 0 Å². The predicted molar refractivity (Wildman–Crippen MR) is 34.0 cm³/mol. The standard InChI is InChI=1S/C5H13P/c1-3-4-5-6-2/h6H,3-5H2,1-2H3. The second-order valence-corrected chi connectivity index (χ2v) is 2.66. The van der Waals surface area contributed by atoms with Gasteiger partial charge in [0.2, 0.25) is 0 Å². The van der Waals surface area contributed by atoms with Gasteiger partial charge in [0.1, 0.15) is 0 Å². The molecule has 0 aliphatic carbocycles. The van der Waals surface area contributed by atoms with E-state index in [9.17, 15) is 0 Å². The van der Waals surface area contributed by atoms with Gasteiger partial charge >= 0.3 is 0 Å². The zero-order chi connectivity index (χ0) is 4.83. The fraction of sp³-hybridized carbons (Fsp3) is 1.00. The first-order chi connectivity index (χ1) is 2.91. The molecule has 0 amide bonds. The van der Waals surface area contributed by atoms with Crippen molar-refractivity contribution in [2.24, 2.45) is 0 Å². The van der Waals surface area contributed by atoms with E-state index in [4.69, 9.17) is 0 Å². The highest BCUT2D eigenvalue weighted by Crippen LogP contribution is 2.04. The lowest BCUT2D eigenvalue weighted by atomic mass is 10.4. The molecule has 0 aromatic carbocycles. The van der Waals surface area contributed by atoms with Crippen LogP contribution in [0.1, 0.15) is 19.8 Å². The van der Waals surface area contributed by atoms with E-state index in [0.29, 0.717) is 0 Å². The van der Waals surface area contributed by atoms with Gasteiger partial charge in [-0.05, 0) is 19.2 Å². The Hall–Kier alpha value is 0.430. The first-order valence-electron chi connectivity index (χ1n) is 2.56. The van der Waals surface area contributed by atoms with Crippen LogP contribution in [-0.4, -0.2) is 12.8 Å². The molecule has 0 saturated carbocycles. The van der Waals surface area contributed by atoms with Crippen LogP contribution in [0.3, 0.4) is 0 Å². The van der Waals surface area contributed by atoms with Crippen molar-refractivity contribution in [3.8, 4) is 0 Å². The molecule has 0 heterocycles. The third kappa shape index (κ3) is 4.43. The largest absolute Gasteiger partial charge is 0.125 e. The molecule has 1 heteroatoms. The molecule has 0 aliphatic heterocycles. The zero-order valence-corrected chi connectivity index (χ0v) is 5.62. The Morgan fingerprint density at radius 2 is 2.17 bits per heavy atom. The molecule has 6 heavy (non-hydrogen) atoms. The van der Waals surface area contributed by atoms with Crippen LogP contribution in [0.15, 0.2) is 0 Å². The summed E-state index contributed by atoms with van der Waals surface area (Å²) >= 11 is 0. The number of hydrogen-bond acceptors (Lipinski definition) is 0. The van der Waals surface area contributed by atoms with E-state index in [0.717, 1.165) is 8.58 Å². The molecular weight excluding hydrogens is 91.0 g/mol. The number of hydrogen-bond donors (Lipinski definition) is 0. The molecule has 1 atom stereocenters. The molecule has 0 saturated heterocycles. The third-order valence-corrected chi connectivity index (χ3v) is 1.63. The van der Waals surface area contributed by atoms with Crippen molar-refractivity contribution >= 4 is 8.58 Å². The summed E-state index contributed by atoms with van der Waals surface area (Å²) in [4.78, 5) is 0. The van der Waals surface area contributed by atoms with Gasteiger partial charge in [0.25, 0.3) is 0 Å². The molecule has 0 radical (unpaired) electrons. The normalized spacial score (nSPS) is 11.0. The zero-order valence-electron chi connectivity index (χ0n) is 4.62. The summed E-state index contributed by atoms with van der Waals surface area (Å²) in [6.45, 7) is 4.50. The lowest BCUT2D eigenvalue weighted by Gasteiger charge is -1.86. The van der Waals surface area contributed by atoms with E-state index in [1.54, 1.807) is 0 Å². The molecular formula is C5H13P. The minimum Gasteiger partial charge on any atom is -0.125 e. The van der Waals surface area contributed by atoms with E-state index in [1.165, 1.54) is 19.0 Å². The van der Waals surface area contributed by atoms with Gasteiger partial charge in [-0.25, -0.2) is 0 Å².